The number of hydrogen-bond acceptors (Lipinski definition) is 5. The van der Waals surface area contributed by atoms with Crippen LogP contribution in [0, 0.1) is 6.92 Å². The zero-order valence-corrected chi connectivity index (χ0v) is 15.7. The molecule has 0 bridgehead atoms. The van der Waals surface area contributed by atoms with Crippen LogP contribution in [0.4, 0.5) is 0 Å². The smallest absolute Gasteiger partial charge is 0.261 e. The van der Waals surface area contributed by atoms with E-state index in [4.69, 9.17) is 0 Å². The van der Waals surface area contributed by atoms with Gasteiger partial charge in [-0.15, -0.1) is 11.3 Å². The molecule has 136 valence electrons. The van der Waals surface area contributed by atoms with Gasteiger partial charge in [0, 0.05) is 44.7 Å². The highest BCUT2D eigenvalue weighted by atomic mass is 32.1. The second-order valence-corrected chi connectivity index (χ2v) is 7.54. The third-order valence-electron chi connectivity index (χ3n) is 4.69. The Morgan fingerprint density at radius 1 is 1.27 bits per heavy atom. The van der Waals surface area contributed by atoms with Crippen molar-refractivity contribution in [1.82, 2.24) is 25.3 Å². The minimum atomic E-state index is 0.000320. The summed E-state index contributed by atoms with van der Waals surface area (Å²) < 4.78 is 1.92. The van der Waals surface area contributed by atoms with Crippen LogP contribution in [-0.4, -0.2) is 59.9 Å². The fourth-order valence-electron chi connectivity index (χ4n) is 3.25. The number of thiophene rings is 1. The molecule has 1 aromatic carbocycles. The summed E-state index contributed by atoms with van der Waals surface area (Å²) >= 11 is 1.50. The lowest BCUT2D eigenvalue weighted by molar-refractivity contribution is 0.0951. The Morgan fingerprint density at radius 2 is 2.04 bits per heavy atom. The van der Waals surface area contributed by atoms with Crippen LogP contribution in [0.2, 0.25) is 0 Å². The number of rotatable bonds is 5. The number of carbonyl (C=O) groups excluding carboxylic acids is 1. The van der Waals surface area contributed by atoms with Crippen molar-refractivity contribution >= 4 is 27.5 Å². The first-order chi connectivity index (χ1) is 12.7. The van der Waals surface area contributed by atoms with Crippen molar-refractivity contribution in [3.05, 3.63) is 47.0 Å². The number of nitrogens with one attached hydrogen (secondary N) is 2. The van der Waals surface area contributed by atoms with E-state index in [2.05, 4.69) is 20.6 Å². The van der Waals surface area contributed by atoms with E-state index >= 15 is 0 Å². The van der Waals surface area contributed by atoms with Gasteiger partial charge in [0.15, 0.2) is 0 Å². The molecule has 3 aromatic rings. The van der Waals surface area contributed by atoms with Gasteiger partial charge in [0.2, 0.25) is 0 Å². The largest absolute Gasteiger partial charge is 0.350 e. The summed E-state index contributed by atoms with van der Waals surface area (Å²) in [5, 5.41) is 12.1. The summed E-state index contributed by atoms with van der Waals surface area (Å²) in [6.45, 7) is 7.71. The number of aryl methyl sites for hydroxylation is 1. The predicted octanol–water partition coefficient (Wildman–Crippen LogP) is 2.03. The summed E-state index contributed by atoms with van der Waals surface area (Å²) in [7, 11) is 0. The zero-order chi connectivity index (χ0) is 17.9. The highest BCUT2D eigenvalue weighted by Gasteiger charge is 2.17. The molecule has 3 heterocycles. The van der Waals surface area contributed by atoms with Gasteiger partial charge in [0.25, 0.3) is 5.91 Å². The highest BCUT2D eigenvalue weighted by molar-refractivity contribution is 7.20. The molecule has 0 radical (unpaired) electrons. The molecule has 0 saturated carbocycles. The van der Waals surface area contributed by atoms with Crippen LogP contribution in [0.3, 0.4) is 0 Å². The van der Waals surface area contributed by atoms with Crippen LogP contribution in [-0.2, 0) is 0 Å². The van der Waals surface area contributed by atoms with Gasteiger partial charge < -0.3 is 10.6 Å². The number of para-hydroxylation sites is 1. The second-order valence-electron chi connectivity index (χ2n) is 6.51. The number of nitrogens with zero attached hydrogens (tertiary/aromatic N) is 3. The first-order valence-corrected chi connectivity index (χ1v) is 9.80. The Labute approximate surface area is 156 Å². The second kappa shape index (κ2) is 7.57. The van der Waals surface area contributed by atoms with Gasteiger partial charge in [-0.1, -0.05) is 18.2 Å². The maximum atomic E-state index is 12.6. The van der Waals surface area contributed by atoms with E-state index < -0.39 is 0 Å². The molecule has 0 spiro atoms. The van der Waals surface area contributed by atoms with Crippen molar-refractivity contribution in [2.45, 2.75) is 6.92 Å². The number of piperazine rings is 1. The molecule has 1 fully saturated rings. The lowest BCUT2D eigenvalue weighted by Crippen LogP contribution is -2.46. The third-order valence-corrected chi connectivity index (χ3v) is 5.80. The summed E-state index contributed by atoms with van der Waals surface area (Å²) in [5.41, 5.74) is 1.96. The van der Waals surface area contributed by atoms with Gasteiger partial charge in [-0.3, -0.25) is 9.69 Å². The van der Waals surface area contributed by atoms with E-state index in [9.17, 15) is 4.79 Å². The van der Waals surface area contributed by atoms with Crippen LogP contribution < -0.4 is 10.6 Å². The SMILES string of the molecule is Cc1nn(-c2ccccc2)c2sc(C(=O)NCCN3CCNCC3)cc12. The van der Waals surface area contributed by atoms with Gasteiger partial charge >= 0.3 is 0 Å². The van der Waals surface area contributed by atoms with E-state index in [0.717, 1.165) is 59.2 Å². The van der Waals surface area contributed by atoms with E-state index in [1.807, 2.05) is 48.0 Å². The molecule has 6 nitrogen and oxygen atoms in total. The van der Waals surface area contributed by atoms with Crippen molar-refractivity contribution < 1.29 is 4.79 Å². The van der Waals surface area contributed by atoms with Crippen LogP contribution >= 0.6 is 11.3 Å². The van der Waals surface area contributed by atoms with Crippen molar-refractivity contribution in [2.24, 2.45) is 0 Å². The van der Waals surface area contributed by atoms with E-state index in [-0.39, 0.29) is 5.91 Å². The normalized spacial score (nSPS) is 15.4. The van der Waals surface area contributed by atoms with Crippen LogP contribution in [0.15, 0.2) is 36.4 Å². The molecule has 0 unspecified atom stereocenters. The molecular weight excluding hydrogens is 346 g/mol. The average Bonchev–Trinajstić information content (AvgIpc) is 3.24. The Hall–Kier alpha value is -2.22. The van der Waals surface area contributed by atoms with Crippen molar-refractivity contribution in [2.75, 3.05) is 39.3 Å². The van der Waals surface area contributed by atoms with Crippen LogP contribution in [0.5, 0.6) is 0 Å². The number of amides is 1. The molecule has 0 atom stereocenters. The minimum absolute atomic E-state index is 0.000320. The molecule has 1 aliphatic heterocycles. The minimum Gasteiger partial charge on any atom is -0.350 e. The Kier molecular flexibility index (Phi) is 5.01. The molecule has 1 amide bonds. The van der Waals surface area contributed by atoms with E-state index in [0.29, 0.717) is 6.54 Å². The maximum absolute atomic E-state index is 12.6. The van der Waals surface area contributed by atoms with Gasteiger partial charge in [-0.2, -0.15) is 5.10 Å². The number of aromatic nitrogens is 2. The Bertz CT molecular complexity index is 895. The predicted molar refractivity (Wildman–Crippen MR) is 105 cm³/mol. The van der Waals surface area contributed by atoms with Crippen molar-refractivity contribution in [1.29, 1.82) is 0 Å². The monoisotopic (exact) mass is 369 g/mol. The lowest BCUT2D eigenvalue weighted by atomic mass is 10.3. The topological polar surface area (TPSA) is 62.2 Å². The molecule has 1 saturated heterocycles. The van der Waals surface area contributed by atoms with E-state index in [1.54, 1.807) is 0 Å². The van der Waals surface area contributed by atoms with E-state index in [1.165, 1.54) is 11.3 Å². The Morgan fingerprint density at radius 3 is 2.81 bits per heavy atom. The van der Waals surface area contributed by atoms with Gasteiger partial charge in [0.05, 0.1) is 16.3 Å². The van der Waals surface area contributed by atoms with Gasteiger partial charge in [-0.05, 0) is 25.1 Å². The standard InChI is InChI=1S/C19H23N5OS/c1-14-16-13-17(18(25)21-9-12-23-10-7-20-8-11-23)26-19(16)24(22-14)15-5-3-2-4-6-15/h2-6,13,20H,7-12H2,1H3,(H,21,25). The first-order valence-electron chi connectivity index (χ1n) is 8.98. The molecular formula is C19H23N5OS. The van der Waals surface area contributed by atoms with Crippen LogP contribution in [0.1, 0.15) is 15.4 Å². The molecule has 4 rings (SSSR count). The van der Waals surface area contributed by atoms with Crippen LogP contribution in [0.25, 0.3) is 15.9 Å². The zero-order valence-electron chi connectivity index (χ0n) is 14.9. The summed E-state index contributed by atoms with van der Waals surface area (Å²) in [5.74, 6) is 0.000320. The van der Waals surface area contributed by atoms with Gasteiger partial charge in [0.1, 0.15) is 4.83 Å². The number of carbonyl (C=O) groups is 1. The molecule has 0 aliphatic carbocycles. The lowest BCUT2D eigenvalue weighted by Gasteiger charge is -2.26. The average molecular weight is 369 g/mol. The van der Waals surface area contributed by atoms with Gasteiger partial charge in [-0.25, -0.2) is 4.68 Å². The Balaban J connectivity index is 1.47. The summed E-state index contributed by atoms with van der Waals surface area (Å²) in [6, 6.07) is 12.0. The molecule has 1 aliphatic rings. The van der Waals surface area contributed by atoms with Crippen molar-refractivity contribution in [3.8, 4) is 5.69 Å². The fraction of sp³-hybridized carbons (Fsp3) is 0.368. The highest BCUT2D eigenvalue weighted by Crippen LogP contribution is 2.30. The summed E-state index contributed by atoms with van der Waals surface area (Å²) in [6.07, 6.45) is 0. The van der Waals surface area contributed by atoms with Crippen molar-refractivity contribution in [3.63, 3.8) is 0 Å². The first kappa shape index (κ1) is 17.2. The fourth-order valence-corrected chi connectivity index (χ4v) is 4.35. The summed E-state index contributed by atoms with van der Waals surface area (Å²) in [4.78, 5) is 16.7. The molecule has 26 heavy (non-hydrogen) atoms. The number of hydrogen-bond donors (Lipinski definition) is 2. The third kappa shape index (κ3) is 3.51. The maximum Gasteiger partial charge on any atom is 0.261 e. The quantitative estimate of drug-likeness (QED) is 0.722. The molecule has 2 aromatic heterocycles. The molecule has 7 heteroatoms. The number of benzene rings is 1. The number of fused-ring (bicyclic) bond motifs is 1. The molecule has 2 N–H and O–H groups in total.